The van der Waals surface area contributed by atoms with Gasteiger partial charge in [-0.05, 0) is 18.2 Å². The number of amides is 1. The first-order chi connectivity index (χ1) is 9.62. The van der Waals surface area contributed by atoms with E-state index < -0.39 is 0 Å². The van der Waals surface area contributed by atoms with Crippen LogP contribution in [-0.4, -0.2) is 37.8 Å². The molecule has 0 saturated heterocycles. The van der Waals surface area contributed by atoms with Crippen molar-refractivity contribution < 1.29 is 14.6 Å². The number of rotatable bonds is 7. The molecule has 0 unspecified atom stereocenters. The molecule has 6 heteroatoms. The molecule has 1 aromatic rings. The zero-order valence-corrected chi connectivity index (χ0v) is 11.7. The van der Waals surface area contributed by atoms with Crippen molar-refractivity contribution >= 4 is 17.3 Å². The summed E-state index contributed by atoms with van der Waals surface area (Å²) in [6.07, 6.45) is 0.341. The summed E-state index contributed by atoms with van der Waals surface area (Å²) in [5.41, 5.74) is 1.39. The van der Waals surface area contributed by atoms with E-state index in [-0.39, 0.29) is 12.5 Å². The van der Waals surface area contributed by atoms with Gasteiger partial charge in [-0.25, -0.2) is 0 Å². The van der Waals surface area contributed by atoms with Gasteiger partial charge in [0.15, 0.2) is 0 Å². The Hall–Kier alpha value is -2.26. The van der Waals surface area contributed by atoms with Crippen molar-refractivity contribution in [1.29, 1.82) is 5.26 Å². The van der Waals surface area contributed by atoms with E-state index in [0.29, 0.717) is 30.9 Å². The highest BCUT2D eigenvalue weighted by molar-refractivity contribution is 5.89. The molecular weight excluding hydrogens is 258 g/mol. The highest BCUT2D eigenvalue weighted by Gasteiger charge is 2.13. The third kappa shape index (κ3) is 4.44. The number of aliphatic hydroxyl groups is 1. The Bertz CT molecular complexity index is 497. The van der Waals surface area contributed by atoms with Crippen molar-refractivity contribution in [3.63, 3.8) is 0 Å². The van der Waals surface area contributed by atoms with Gasteiger partial charge in [0, 0.05) is 25.7 Å². The van der Waals surface area contributed by atoms with Crippen molar-refractivity contribution in [2.45, 2.75) is 13.3 Å². The Kier molecular flexibility index (Phi) is 6.33. The summed E-state index contributed by atoms with van der Waals surface area (Å²) in [7, 11) is 1.55. The smallest absolute Gasteiger partial charge is 0.221 e. The van der Waals surface area contributed by atoms with E-state index in [0.717, 1.165) is 5.69 Å². The number of hydrogen-bond donors (Lipinski definition) is 2. The minimum Gasteiger partial charge on any atom is -0.495 e. The lowest BCUT2D eigenvalue weighted by Crippen LogP contribution is -2.28. The number of aliphatic hydroxyl groups excluding tert-OH is 1. The van der Waals surface area contributed by atoms with Gasteiger partial charge in [-0.3, -0.25) is 4.79 Å². The van der Waals surface area contributed by atoms with Crippen molar-refractivity contribution in [2.24, 2.45) is 0 Å². The molecule has 1 aromatic carbocycles. The Morgan fingerprint density at radius 1 is 1.50 bits per heavy atom. The van der Waals surface area contributed by atoms with E-state index in [9.17, 15) is 4.79 Å². The van der Waals surface area contributed by atoms with Gasteiger partial charge in [0.25, 0.3) is 0 Å². The number of methoxy groups -OCH3 is 1. The maximum absolute atomic E-state index is 11.1. The van der Waals surface area contributed by atoms with Gasteiger partial charge in [0.05, 0.1) is 31.9 Å². The molecule has 0 aliphatic rings. The van der Waals surface area contributed by atoms with Crippen molar-refractivity contribution in [1.82, 2.24) is 0 Å². The number of carbonyl (C=O) groups excluding carboxylic acids is 1. The summed E-state index contributed by atoms with van der Waals surface area (Å²) in [5.74, 6) is 0.470. The standard InChI is InChI=1S/C14H19N3O3/c1-11(19)16-12-4-5-14(20-2)13(10-12)17(8-9-18)7-3-6-15/h4-5,10,18H,3,7-9H2,1-2H3,(H,16,19). The fourth-order valence-corrected chi connectivity index (χ4v) is 1.88. The quantitative estimate of drug-likeness (QED) is 0.786. The SMILES string of the molecule is COc1ccc(NC(C)=O)cc1N(CCO)CCC#N. The summed E-state index contributed by atoms with van der Waals surface area (Å²) < 4.78 is 5.29. The molecule has 0 saturated carbocycles. The molecule has 0 radical (unpaired) electrons. The van der Waals surface area contributed by atoms with Gasteiger partial charge in [-0.1, -0.05) is 0 Å². The Morgan fingerprint density at radius 3 is 2.80 bits per heavy atom. The van der Waals surface area contributed by atoms with E-state index in [1.165, 1.54) is 6.92 Å². The lowest BCUT2D eigenvalue weighted by Gasteiger charge is -2.25. The minimum atomic E-state index is -0.160. The van der Waals surface area contributed by atoms with Crippen LogP contribution >= 0.6 is 0 Å². The summed E-state index contributed by atoms with van der Waals surface area (Å²) in [5, 5.41) is 20.5. The number of nitrogens with zero attached hydrogens (tertiary/aromatic N) is 2. The number of nitrogens with one attached hydrogen (secondary N) is 1. The van der Waals surface area contributed by atoms with E-state index in [2.05, 4.69) is 11.4 Å². The maximum atomic E-state index is 11.1. The largest absolute Gasteiger partial charge is 0.495 e. The molecule has 0 aliphatic heterocycles. The van der Waals surface area contributed by atoms with Gasteiger partial charge in [0.2, 0.25) is 5.91 Å². The molecule has 0 aliphatic carbocycles. The van der Waals surface area contributed by atoms with Crippen LogP contribution in [0.25, 0.3) is 0 Å². The average molecular weight is 277 g/mol. The molecule has 6 nitrogen and oxygen atoms in total. The number of nitriles is 1. The third-order valence-electron chi connectivity index (χ3n) is 2.70. The van der Waals surface area contributed by atoms with E-state index in [1.54, 1.807) is 25.3 Å². The van der Waals surface area contributed by atoms with Gasteiger partial charge in [0.1, 0.15) is 5.75 Å². The summed E-state index contributed by atoms with van der Waals surface area (Å²) >= 11 is 0. The second kappa shape index (κ2) is 8.02. The fourth-order valence-electron chi connectivity index (χ4n) is 1.88. The fraction of sp³-hybridized carbons (Fsp3) is 0.429. The van der Waals surface area contributed by atoms with Crippen LogP contribution in [0.3, 0.4) is 0 Å². The van der Waals surface area contributed by atoms with Crippen LogP contribution in [0.2, 0.25) is 0 Å². The number of carbonyl (C=O) groups is 1. The molecule has 0 spiro atoms. The third-order valence-corrected chi connectivity index (χ3v) is 2.70. The molecule has 0 heterocycles. The second-order valence-electron chi connectivity index (χ2n) is 4.19. The highest BCUT2D eigenvalue weighted by atomic mass is 16.5. The predicted molar refractivity (Wildman–Crippen MR) is 76.8 cm³/mol. The van der Waals surface area contributed by atoms with Crippen LogP contribution in [0.1, 0.15) is 13.3 Å². The van der Waals surface area contributed by atoms with E-state index in [1.807, 2.05) is 4.90 Å². The molecule has 20 heavy (non-hydrogen) atoms. The molecule has 1 rings (SSSR count). The molecule has 1 amide bonds. The molecule has 0 atom stereocenters. The first-order valence-electron chi connectivity index (χ1n) is 6.30. The average Bonchev–Trinajstić information content (AvgIpc) is 2.42. The lowest BCUT2D eigenvalue weighted by molar-refractivity contribution is -0.114. The number of ether oxygens (including phenoxy) is 1. The van der Waals surface area contributed by atoms with E-state index in [4.69, 9.17) is 15.1 Å². The molecule has 0 aromatic heterocycles. The summed E-state index contributed by atoms with van der Waals surface area (Å²) in [6.45, 7) is 2.28. The van der Waals surface area contributed by atoms with Crippen molar-refractivity contribution in [2.75, 3.05) is 37.0 Å². The topological polar surface area (TPSA) is 85.6 Å². The lowest BCUT2D eigenvalue weighted by atomic mass is 10.2. The zero-order valence-electron chi connectivity index (χ0n) is 11.7. The molecular formula is C14H19N3O3. The Balaban J connectivity index is 3.08. The first kappa shape index (κ1) is 15.8. The van der Waals surface area contributed by atoms with Gasteiger partial charge >= 0.3 is 0 Å². The monoisotopic (exact) mass is 277 g/mol. The Morgan fingerprint density at radius 2 is 2.25 bits per heavy atom. The highest BCUT2D eigenvalue weighted by Crippen LogP contribution is 2.31. The summed E-state index contributed by atoms with van der Waals surface area (Å²) in [4.78, 5) is 13.0. The van der Waals surface area contributed by atoms with Crippen LogP contribution in [0, 0.1) is 11.3 Å². The summed E-state index contributed by atoms with van der Waals surface area (Å²) in [6, 6.07) is 7.34. The number of benzene rings is 1. The van der Waals surface area contributed by atoms with Crippen molar-refractivity contribution in [3.05, 3.63) is 18.2 Å². The maximum Gasteiger partial charge on any atom is 0.221 e. The van der Waals surface area contributed by atoms with Crippen LogP contribution in [0.5, 0.6) is 5.75 Å². The first-order valence-corrected chi connectivity index (χ1v) is 6.30. The molecule has 0 bridgehead atoms. The van der Waals surface area contributed by atoms with Gasteiger partial charge < -0.3 is 20.1 Å². The van der Waals surface area contributed by atoms with Crippen LogP contribution in [0.4, 0.5) is 11.4 Å². The van der Waals surface area contributed by atoms with Gasteiger partial charge in [-0.2, -0.15) is 5.26 Å². The number of anilines is 2. The van der Waals surface area contributed by atoms with Crippen molar-refractivity contribution in [3.8, 4) is 11.8 Å². The number of hydrogen-bond acceptors (Lipinski definition) is 5. The minimum absolute atomic E-state index is 0.0288. The van der Waals surface area contributed by atoms with Crippen LogP contribution in [0.15, 0.2) is 18.2 Å². The molecule has 0 fully saturated rings. The predicted octanol–water partition coefficient (Wildman–Crippen LogP) is 1.37. The Labute approximate surface area is 118 Å². The van der Waals surface area contributed by atoms with E-state index >= 15 is 0 Å². The van der Waals surface area contributed by atoms with Gasteiger partial charge in [-0.15, -0.1) is 0 Å². The zero-order chi connectivity index (χ0) is 15.0. The second-order valence-corrected chi connectivity index (χ2v) is 4.19. The van der Waals surface area contributed by atoms with Crippen LogP contribution in [-0.2, 0) is 4.79 Å². The van der Waals surface area contributed by atoms with Crippen LogP contribution < -0.4 is 15.0 Å². The molecule has 108 valence electrons. The molecule has 2 N–H and O–H groups in total. The normalized spacial score (nSPS) is 9.70.